The maximum atomic E-state index is 6.18. The number of benzene rings is 1. The number of hydrogen-bond donors (Lipinski definition) is 1. The fraction of sp³-hybridized carbons (Fsp3) is 0.538. The van der Waals surface area contributed by atoms with E-state index in [1.807, 2.05) is 18.2 Å². The van der Waals surface area contributed by atoms with Crippen LogP contribution in [0.25, 0.3) is 0 Å². The summed E-state index contributed by atoms with van der Waals surface area (Å²) in [5.74, 6) is 3.36. The van der Waals surface area contributed by atoms with E-state index in [0.29, 0.717) is 0 Å². The van der Waals surface area contributed by atoms with Gasteiger partial charge < -0.3 is 19.9 Å². The van der Waals surface area contributed by atoms with Crippen molar-refractivity contribution >= 4 is 11.8 Å². The van der Waals surface area contributed by atoms with Crippen LogP contribution in [0.5, 0.6) is 11.5 Å². The van der Waals surface area contributed by atoms with Crippen LogP contribution in [0.2, 0.25) is 0 Å². The van der Waals surface area contributed by atoms with Crippen molar-refractivity contribution in [3.05, 3.63) is 23.8 Å². The first kappa shape index (κ1) is 15.1. The van der Waals surface area contributed by atoms with Gasteiger partial charge in [0, 0.05) is 30.2 Å². The molecule has 1 unspecified atom stereocenters. The number of ether oxygens (including phenoxy) is 3. The lowest BCUT2D eigenvalue weighted by Gasteiger charge is -2.16. The highest BCUT2D eigenvalue weighted by atomic mass is 32.2. The molecule has 5 heteroatoms. The molecule has 0 amide bonds. The largest absolute Gasteiger partial charge is 0.497 e. The quantitative estimate of drug-likeness (QED) is 0.734. The van der Waals surface area contributed by atoms with Gasteiger partial charge in [0.25, 0.3) is 0 Å². The van der Waals surface area contributed by atoms with Crippen LogP contribution >= 0.6 is 11.8 Å². The molecular formula is C13H21NO3S. The second-order valence-corrected chi connectivity index (χ2v) is 4.93. The first-order valence-corrected chi connectivity index (χ1v) is 6.92. The summed E-state index contributed by atoms with van der Waals surface area (Å²) in [6.07, 6.45) is 0. The molecule has 0 aromatic heterocycles. The van der Waals surface area contributed by atoms with Gasteiger partial charge in [-0.3, -0.25) is 0 Å². The highest BCUT2D eigenvalue weighted by molar-refractivity contribution is 7.99. The normalized spacial score (nSPS) is 12.2. The molecule has 1 aromatic carbocycles. The van der Waals surface area contributed by atoms with E-state index in [9.17, 15) is 0 Å². The van der Waals surface area contributed by atoms with Gasteiger partial charge in [0.1, 0.15) is 11.5 Å². The maximum Gasteiger partial charge on any atom is 0.123 e. The summed E-state index contributed by atoms with van der Waals surface area (Å²) in [6, 6.07) is 5.61. The Morgan fingerprint density at radius 3 is 2.61 bits per heavy atom. The summed E-state index contributed by atoms with van der Waals surface area (Å²) < 4.78 is 15.5. The molecule has 0 saturated heterocycles. The number of nitrogens with two attached hydrogens (primary N) is 1. The number of thioether (sulfide) groups is 1. The predicted molar refractivity (Wildman–Crippen MR) is 75.7 cm³/mol. The average molecular weight is 271 g/mol. The second kappa shape index (κ2) is 8.24. The monoisotopic (exact) mass is 271 g/mol. The third-order valence-corrected chi connectivity index (χ3v) is 3.62. The Balaban J connectivity index is 2.66. The van der Waals surface area contributed by atoms with Crippen LogP contribution in [0, 0.1) is 0 Å². The standard InChI is InChI=1S/C13H21NO3S/c1-15-6-7-18-9-12(14)11-8-10(16-2)4-5-13(11)17-3/h4-5,8,12H,6-7,9,14H2,1-3H3. The molecular weight excluding hydrogens is 250 g/mol. The summed E-state index contributed by atoms with van der Waals surface area (Å²) in [5.41, 5.74) is 7.15. The van der Waals surface area contributed by atoms with Gasteiger partial charge in [-0.05, 0) is 18.2 Å². The van der Waals surface area contributed by atoms with Gasteiger partial charge in [0.05, 0.1) is 20.8 Å². The molecule has 2 N–H and O–H groups in total. The van der Waals surface area contributed by atoms with Crippen molar-refractivity contribution in [1.82, 2.24) is 0 Å². The zero-order valence-corrected chi connectivity index (χ0v) is 12.0. The van der Waals surface area contributed by atoms with E-state index in [4.69, 9.17) is 19.9 Å². The van der Waals surface area contributed by atoms with Gasteiger partial charge in [-0.2, -0.15) is 11.8 Å². The molecule has 1 atom stereocenters. The summed E-state index contributed by atoms with van der Waals surface area (Å²) in [5, 5.41) is 0. The van der Waals surface area contributed by atoms with E-state index in [-0.39, 0.29) is 6.04 Å². The SMILES string of the molecule is COCCSCC(N)c1cc(OC)ccc1OC. The average Bonchev–Trinajstić information content (AvgIpc) is 2.42. The highest BCUT2D eigenvalue weighted by Crippen LogP contribution is 2.29. The minimum atomic E-state index is -0.0723. The van der Waals surface area contributed by atoms with Crippen LogP contribution in [0.3, 0.4) is 0 Å². The minimum Gasteiger partial charge on any atom is -0.497 e. The third kappa shape index (κ3) is 4.40. The van der Waals surface area contributed by atoms with Gasteiger partial charge in [-0.25, -0.2) is 0 Å². The van der Waals surface area contributed by atoms with Crippen molar-refractivity contribution in [1.29, 1.82) is 0 Å². The van der Waals surface area contributed by atoms with Gasteiger partial charge in [-0.15, -0.1) is 0 Å². The Morgan fingerprint density at radius 2 is 2.00 bits per heavy atom. The molecule has 0 fully saturated rings. The summed E-state index contributed by atoms with van der Waals surface area (Å²) >= 11 is 1.77. The van der Waals surface area contributed by atoms with Crippen molar-refractivity contribution in [2.24, 2.45) is 5.73 Å². The Labute approximate surface area is 113 Å². The van der Waals surface area contributed by atoms with Crippen LogP contribution in [0.4, 0.5) is 0 Å². The Morgan fingerprint density at radius 1 is 1.22 bits per heavy atom. The van der Waals surface area contributed by atoms with Gasteiger partial charge in [0.15, 0.2) is 0 Å². The fourth-order valence-electron chi connectivity index (χ4n) is 1.57. The van der Waals surface area contributed by atoms with E-state index in [1.54, 1.807) is 33.1 Å². The zero-order chi connectivity index (χ0) is 13.4. The lowest BCUT2D eigenvalue weighted by molar-refractivity contribution is 0.218. The summed E-state index contributed by atoms with van der Waals surface area (Å²) in [6.45, 7) is 0.743. The Kier molecular flexibility index (Phi) is 6.93. The number of rotatable bonds is 8. The van der Waals surface area contributed by atoms with Crippen molar-refractivity contribution in [3.63, 3.8) is 0 Å². The van der Waals surface area contributed by atoms with Crippen molar-refractivity contribution < 1.29 is 14.2 Å². The lowest BCUT2D eigenvalue weighted by atomic mass is 10.1. The number of hydrogen-bond acceptors (Lipinski definition) is 5. The fourth-order valence-corrected chi connectivity index (χ4v) is 2.46. The molecule has 1 rings (SSSR count). The maximum absolute atomic E-state index is 6.18. The van der Waals surface area contributed by atoms with Crippen LogP contribution in [0.15, 0.2) is 18.2 Å². The van der Waals surface area contributed by atoms with Gasteiger partial charge in [-0.1, -0.05) is 0 Å². The Bertz CT molecular complexity index is 360. The van der Waals surface area contributed by atoms with E-state index < -0.39 is 0 Å². The highest BCUT2D eigenvalue weighted by Gasteiger charge is 2.13. The smallest absolute Gasteiger partial charge is 0.123 e. The third-order valence-electron chi connectivity index (χ3n) is 2.57. The van der Waals surface area contributed by atoms with E-state index in [1.165, 1.54) is 0 Å². The van der Waals surface area contributed by atoms with Crippen molar-refractivity contribution in [2.75, 3.05) is 39.4 Å². The lowest BCUT2D eigenvalue weighted by Crippen LogP contribution is -2.15. The predicted octanol–water partition coefficient (Wildman–Crippen LogP) is 2.08. The molecule has 18 heavy (non-hydrogen) atoms. The molecule has 0 radical (unpaired) electrons. The van der Waals surface area contributed by atoms with E-state index in [2.05, 4.69) is 0 Å². The first-order chi connectivity index (χ1) is 8.72. The molecule has 0 saturated carbocycles. The minimum absolute atomic E-state index is 0.0723. The van der Waals surface area contributed by atoms with E-state index in [0.717, 1.165) is 35.2 Å². The van der Waals surface area contributed by atoms with Gasteiger partial charge >= 0.3 is 0 Å². The van der Waals surface area contributed by atoms with Gasteiger partial charge in [0.2, 0.25) is 0 Å². The van der Waals surface area contributed by atoms with E-state index >= 15 is 0 Å². The van der Waals surface area contributed by atoms with Crippen molar-refractivity contribution in [3.8, 4) is 11.5 Å². The first-order valence-electron chi connectivity index (χ1n) is 5.77. The Hall–Kier alpha value is -0.910. The molecule has 4 nitrogen and oxygen atoms in total. The molecule has 0 heterocycles. The molecule has 0 bridgehead atoms. The summed E-state index contributed by atoms with van der Waals surface area (Å²) in [7, 11) is 4.99. The molecule has 0 aliphatic carbocycles. The van der Waals surface area contributed by atoms with Crippen LogP contribution in [-0.2, 0) is 4.74 Å². The molecule has 1 aromatic rings. The van der Waals surface area contributed by atoms with Crippen LogP contribution in [-0.4, -0.2) is 39.4 Å². The molecule has 0 aliphatic heterocycles. The number of methoxy groups -OCH3 is 3. The summed E-state index contributed by atoms with van der Waals surface area (Å²) in [4.78, 5) is 0. The molecule has 0 spiro atoms. The van der Waals surface area contributed by atoms with Crippen molar-refractivity contribution in [2.45, 2.75) is 6.04 Å². The zero-order valence-electron chi connectivity index (χ0n) is 11.1. The van der Waals surface area contributed by atoms with Crippen LogP contribution in [0.1, 0.15) is 11.6 Å². The topological polar surface area (TPSA) is 53.7 Å². The van der Waals surface area contributed by atoms with Crippen LogP contribution < -0.4 is 15.2 Å². The molecule has 102 valence electrons. The second-order valence-electron chi connectivity index (χ2n) is 3.78. The molecule has 0 aliphatic rings.